The van der Waals surface area contributed by atoms with Gasteiger partial charge < -0.3 is 14.6 Å². The molecule has 2 aromatic heterocycles. The van der Waals surface area contributed by atoms with Gasteiger partial charge in [-0.15, -0.1) is 0 Å². The summed E-state index contributed by atoms with van der Waals surface area (Å²) in [5, 5.41) is 9.27. The highest BCUT2D eigenvalue weighted by molar-refractivity contribution is 7.98. The quantitative estimate of drug-likeness (QED) is 0.181. The van der Waals surface area contributed by atoms with Crippen LogP contribution in [0, 0.1) is 13.8 Å². The monoisotopic (exact) mass is 445 g/mol. The van der Waals surface area contributed by atoms with E-state index in [1.165, 1.54) is 5.56 Å². The number of carboxylic acid groups (broad SMARTS) is 1. The summed E-state index contributed by atoms with van der Waals surface area (Å²) in [4.78, 5) is 35.8. The first-order chi connectivity index (χ1) is 14.9. The van der Waals surface area contributed by atoms with Gasteiger partial charge in [-0.2, -0.15) is 4.98 Å². The van der Waals surface area contributed by atoms with E-state index in [1.54, 1.807) is 11.8 Å². The highest BCUT2D eigenvalue weighted by atomic mass is 32.2. The molecule has 0 aromatic carbocycles. The first-order valence-electron chi connectivity index (χ1n) is 10.4. The number of pyridine rings is 1. The van der Waals surface area contributed by atoms with Crippen LogP contribution in [0.1, 0.15) is 60.1 Å². The van der Waals surface area contributed by atoms with Crippen LogP contribution in [-0.2, 0) is 32.9 Å². The number of fused-ring (bicyclic) bond motifs is 1. The summed E-state index contributed by atoms with van der Waals surface area (Å²) in [5.74, 6) is -0.0533. The third-order valence-electron chi connectivity index (χ3n) is 5.15. The van der Waals surface area contributed by atoms with E-state index in [-0.39, 0.29) is 19.6 Å². The van der Waals surface area contributed by atoms with Gasteiger partial charge >= 0.3 is 11.9 Å². The highest BCUT2D eigenvalue weighted by Crippen LogP contribution is 2.32. The van der Waals surface area contributed by atoms with Gasteiger partial charge in [0.25, 0.3) is 0 Å². The predicted molar refractivity (Wildman–Crippen MR) is 115 cm³/mol. The van der Waals surface area contributed by atoms with Crippen molar-refractivity contribution in [1.82, 2.24) is 15.0 Å². The smallest absolute Gasteiger partial charge is 0.308 e. The largest absolute Gasteiger partial charge is 0.481 e. The van der Waals surface area contributed by atoms with Crippen LogP contribution in [0.2, 0.25) is 0 Å². The van der Waals surface area contributed by atoms with E-state index < -0.39 is 11.9 Å². The van der Waals surface area contributed by atoms with E-state index in [0.29, 0.717) is 23.9 Å². The Hall–Kier alpha value is -2.68. The molecule has 2 aromatic rings. The fourth-order valence-electron chi connectivity index (χ4n) is 3.42. The van der Waals surface area contributed by atoms with E-state index in [1.807, 2.05) is 26.2 Å². The average Bonchev–Trinajstić information content (AvgIpc) is 3.19. The van der Waals surface area contributed by atoms with Crippen molar-refractivity contribution in [3.05, 3.63) is 40.3 Å². The maximum Gasteiger partial charge on any atom is 0.308 e. The lowest BCUT2D eigenvalue weighted by molar-refractivity contribution is -0.150. The van der Waals surface area contributed by atoms with E-state index in [2.05, 4.69) is 9.97 Å². The zero-order valence-electron chi connectivity index (χ0n) is 17.8. The normalized spacial score (nSPS) is 12.5. The molecular weight excluding hydrogens is 418 g/mol. The minimum absolute atomic E-state index is 0.0514. The molecule has 1 N–H and O–H groups in total. The zero-order valence-corrected chi connectivity index (χ0v) is 18.7. The SMILES string of the molecule is Cc1cncc(C)c1CSc1nc2c(c(OCOC(=O)CCCCC(=O)O)n1)CCC2. The standard InChI is InChI=1S/C22H27N3O5S/c1-14-10-23-11-15(2)17(14)12-31-22-24-18-7-5-6-16(18)21(25-22)30-13-29-20(28)9-4-3-8-19(26)27/h10-11H,3-9,12-13H2,1-2H3,(H,26,27). The van der Waals surface area contributed by atoms with Gasteiger partial charge in [-0.3, -0.25) is 14.6 Å². The molecule has 0 radical (unpaired) electrons. The number of carbonyl (C=O) groups is 2. The van der Waals surface area contributed by atoms with Gasteiger partial charge in [0.2, 0.25) is 12.7 Å². The molecule has 0 atom stereocenters. The first-order valence-corrected chi connectivity index (χ1v) is 11.4. The summed E-state index contributed by atoms with van der Waals surface area (Å²) in [6, 6.07) is 0. The molecule has 2 heterocycles. The number of rotatable bonds is 11. The first kappa shape index (κ1) is 23.0. The Morgan fingerprint density at radius 2 is 1.84 bits per heavy atom. The summed E-state index contributed by atoms with van der Waals surface area (Å²) in [7, 11) is 0. The molecule has 8 nitrogen and oxygen atoms in total. The summed E-state index contributed by atoms with van der Waals surface area (Å²) in [6.45, 7) is 3.88. The van der Waals surface area contributed by atoms with Gasteiger partial charge in [0.1, 0.15) is 0 Å². The van der Waals surface area contributed by atoms with Crippen molar-refractivity contribution in [2.45, 2.75) is 69.7 Å². The molecule has 0 fully saturated rings. The molecule has 0 spiro atoms. The van der Waals surface area contributed by atoms with Gasteiger partial charge in [0.05, 0.1) is 5.69 Å². The molecule has 0 unspecified atom stereocenters. The van der Waals surface area contributed by atoms with Crippen molar-refractivity contribution >= 4 is 23.7 Å². The molecule has 0 bridgehead atoms. The number of unbranched alkanes of at least 4 members (excludes halogenated alkanes) is 1. The fourth-order valence-corrected chi connectivity index (χ4v) is 4.47. The molecule has 0 saturated carbocycles. The van der Waals surface area contributed by atoms with Crippen molar-refractivity contribution in [3.8, 4) is 5.88 Å². The van der Waals surface area contributed by atoms with E-state index >= 15 is 0 Å². The second-order valence-electron chi connectivity index (χ2n) is 7.51. The van der Waals surface area contributed by atoms with Crippen LogP contribution in [0.15, 0.2) is 17.6 Å². The maximum absolute atomic E-state index is 11.8. The van der Waals surface area contributed by atoms with Crippen LogP contribution < -0.4 is 4.74 Å². The molecule has 3 rings (SSSR count). The fraction of sp³-hybridized carbons (Fsp3) is 0.500. The Labute approximate surface area is 185 Å². The number of carbonyl (C=O) groups excluding carboxylic acids is 1. The van der Waals surface area contributed by atoms with Crippen LogP contribution in [0.4, 0.5) is 0 Å². The molecule has 0 saturated heterocycles. The average molecular weight is 446 g/mol. The lowest BCUT2D eigenvalue weighted by atomic mass is 10.1. The molecule has 31 heavy (non-hydrogen) atoms. The van der Waals surface area contributed by atoms with E-state index in [4.69, 9.17) is 19.6 Å². The number of aliphatic carboxylic acids is 1. The Morgan fingerprint density at radius 3 is 2.58 bits per heavy atom. The third-order valence-corrected chi connectivity index (χ3v) is 6.02. The Kier molecular flexibility index (Phi) is 8.22. The van der Waals surface area contributed by atoms with Crippen molar-refractivity contribution in [2.75, 3.05) is 6.79 Å². The van der Waals surface area contributed by atoms with E-state index in [9.17, 15) is 9.59 Å². The molecule has 1 aliphatic carbocycles. The van der Waals surface area contributed by atoms with Crippen molar-refractivity contribution in [1.29, 1.82) is 0 Å². The van der Waals surface area contributed by atoms with E-state index in [0.717, 1.165) is 47.4 Å². The number of nitrogens with zero attached hydrogens (tertiary/aromatic N) is 3. The number of esters is 1. The van der Waals surface area contributed by atoms with Gasteiger partial charge in [-0.05, 0) is 62.6 Å². The highest BCUT2D eigenvalue weighted by Gasteiger charge is 2.21. The number of hydrogen-bond acceptors (Lipinski definition) is 8. The lowest BCUT2D eigenvalue weighted by Crippen LogP contribution is -2.12. The summed E-state index contributed by atoms with van der Waals surface area (Å²) in [6.07, 6.45) is 7.60. The summed E-state index contributed by atoms with van der Waals surface area (Å²) in [5.41, 5.74) is 5.48. The number of thioether (sulfide) groups is 1. The number of hydrogen-bond donors (Lipinski definition) is 1. The van der Waals surface area contributed by atoms with Crippen LogP contribution in [0.5, 0.6) is 5.88 Å². The van der Waals surface area contributed by atoms with Crippen LogP contribution in [0.25, 0.3) is 0 Å². The lowest BCUT2D eigenvalue weighted by Gasteiger charge is -2.12. The molecular formula is C22H27N3O5S. The molecule has 9 heteroatoms. The van der Waals surface area contributed by atoms with Crippen molar-refractivity contribution in [2.24, 2.45) is 0 Å². The third kappa shape index (κ3) is 6.65. The van der Waals surface area contributed by atoms with Crippen LogP contribution in [0.3, 0.4) is 0 Å². The predicted octanol–water partition coefficient (Wildman–Crippen LogP) is 3.79. The number of carboxylic acids is 1. The Balaban J connectivity index is 1.56. The van der Waals surface area contributed by atoms with Gasteiger partial charge in [0, 0.05) is 36.6 Å². The summed E-state index contributed by atoms with van der Waals surface area (Å²) < 4.78 is 10.8. The second kappa shape index (κ2) is 11.1. The minimum Gasteiger partial charge on any atom is -0.481 e. The van der Waals surface area contributed by atoms with Crippen molar-refractivity contribution < 1.29 is 24.2 Å². The Bertz CT molecular complexity index is 931. The topological polar surface area (TPSA) is 112 Å². The van der Waals surface area contributed by atoms with Crippen LogP contribution >= 0.6 is 11.8 Å². The van der Waals surface area contributed by atoms with Gasteiger partial charge in [0.15, 0.2) is 5.16 Å². The van der Waals surface area contributed by atoms with Crippen LogP contribution in [-0.4, -0.2) is 38.8 Å². The molecule has 1 aliphatic rings. The van der Waals surface area contributed by atoms with Gasteiger partial charge in [-0.25, -0.2) is 4.98 Å². The number of aromatic nitrogens is 3. The Morgan fingerprint density at radius 1 is 1.10 bits per heavy atom. The number of ether oxygens (including phenoxy) is 2. The summed E-state index contributed by atoms with van der Waals surface area (Å²) >= 11 is 1.55. The minimum atomic E-state index is -0.864. The molecule has 166 valence electrons. The second-order valence-corrected chi connectivity index (χ2v) is 8.45. The molecule has 0 amide bonds. The zero-order chi connectivity index (χ0) is 22.2. The molecule has 0 aliphatic heterocycles. The maximum atomic E-state index is 11.8. The number of aryl methyl sites for hydroxylation is 3. The van der Waals surface area contributed by atoms with Crippen molar-refractivity contribution in [3.63, 3.8) is 0 Å². The van der Waals surface area contributed by atoms with Gasteiger partial charge in [-0.1, -0.05) is 11.8 Å².